The standard InChI is InChI=1S/C19H16O2/c20-18-14-16(13-15-7-3-1-4-8-15)11-12-19(18)21-17-9-5-2-6-10-17/h1-12,14,20H,13H2. The van der Waals surface area contributed by atoms with Gasteiger partial charge >= 0.3 is 0 Å². The van der Waals surface area contributed by atoms with Crippen LogP contribution in [0.5, 0.6) is 17.2 Å². The molecule has 0 aliphatic heterocycles. The highest BCUT2D eigenvalue weighted by molar-refractivity contribution is 5.45. The van der Waals surface area contributed by atoms with Crippen molar-refractivity contribution in [1.82, 2.24) is 0 Å². The van der Waals surface area contributed by atoms with Crippen molar-refractivity contribution in [2.24, 2.45) is 0 Å². The molecule has 0 unspecified atom stereocenters. The fraction of sp³-hybridized carbons (Fsp3) is 0.0526. The van der Waals surface area contributed by atoms with Crippen LogP contribution >= 0.6 is 0 Å². The first-order chi connectivity index (χ1) is 10.3. The van der Waals surface area contributed by atoms with E-state index in [1.54, 1.807) is 12.1 Å². The zero-order chi connectivity index (χ0) is 14.5. The molecule has 3 rings (SSSR count). The van der Waals surface area contributed by atoms with Crippen molar-refractivity contribution in [3.63, 3.8) is 0 Å². The van der Waals surface area contributed by atoms with Gasteiger partial charge in [-0.25, -0.2) is 0 Å². The quantitative estimate of drug-likeness (QED) is 0.743. The molecule has 3 aromatic rings. The number of aromatic hydroxyl groups is 1. The summed E-state index contributed by atoms with van der Waals surface area (Å²) >= 11 is 0. The maximum atomic E-state index is 10.1. The summed E-state index contributed by atoms with van der Waals surface area (Å²) in [6.45, 7) is 0. The Bertz CT molecular complexity index is 706. The molecule has 0 radical (unpaired) electrons. The number of benzene rings is 3. The molecule has 0 heterocycles. The number of hydrogen-bond donors (Lipinski definition) is 1. The molecule has 2 nitrogen and oxygen atoms in total. The van der Waals surface area contributed by atoms with Gasteiger partial charge in [0.2, 0.25) is 0 Å². The number of phenolic OH excluding ortho intramolecular Hbond substituents is 1. The summed E-state index contributed by atoms with van der Waals surface area (Å²) in [5, 5.41) is 10.1. The zero-order valence-electron chi connectivity index (χ0n) is 11.6. The van der Waals surface area contributed by atoms with Gasteiger partial charge in [0.25, 0.3) is 0 Å². The average molecular weight is 276 g/mol. The van der Waals surface area contributed by atoms with Gasteiger partial charge in [0.15, 0.2) is 11.5 Å². The minimum Gasteiger partial charge on any atom is -0.504 e. The summed E-state index contributed by atoms with van der Waals surface area (Å²) < 4.78 is 5.66. The molecule has 0 aliphatic carbocycles. The molecule has 1 N–H and O–H groups in total. The van der Waals surface area contributed by atoms with Crippen LogP contribution in [0.15, 0.2) is 78.9 Å². The molecule has 0 aliphatic rings. The van der Waals surface area contributed by atoms with Crippen molar-refractivity contribution in [2.45, 2.75) is 6.42 Å². The van der Waals surface area contributed by atoms with E-state index in [0.717, 1.165) is 12.0 Å². The van der Waals surface area contributed by atoms with Crippen molar-refractivity contribution in [2.75, 3.05) is 0 Å². The summed E-state index contributed by atoms with van der Waals surface area (Å²) in [5.74, 6) is 1.34. The minimum absolute atomic E-state index is 0.160. The van der Waals surface area contributed by atoms with Crippen LogP contribution in [-0.4, -0.2) is 5.11 Å². The van der Waals surface area contributed by atoms with Crippen LogP contribution < -0.4 is 4.74 Å². The highest BCUT2D eigenvalue weighted by Gasteiger charge is 2.05. The Morgan fingerprint density at radius 1 is 0.714 bits per heavy atom. The molecule has 0 bridgehead atoms. The Hall–Kier alpha value is -2.74. The lowest BCUT2D eigenvalue weighted by Crippen LogP contribution is -1.89. The number of ether oxygens (including phenoxy) is 1. The molecule has 0 aromatic heterocycles. The number of para-hydroxylation sites is 1. The Labute approximate surface area is 124 Å². The number of phenols is 1. The Morgan fingerprint density at radius 2 is 1.38 bits per heavy atom. The smallest absolute Gasteiger partial charge is 0.169 e. The predicted molar refractivity (Wildman–Crippen MR) is 83.9 cm³/mol. The van der Waals surface area contributed by atoms with Gasteiger partial charge in [-0.3, -0.25) is 0 Å². The Balaban J connectivity index is 1.77. The molecule has 0 fully saturated rings. The van der Waals surface area contributed by atoms with E-state index >= 15 is 0 Å². The second-order valence-corrected chi connectivity index (χ2v) is 4.88. The number of rotatable bonds is 4. The second-order valence-electron chi connectivity index (χ2n) is 4.88. The van der Waals surface area contributed by atoms with Crippen LogP contribution in [0.25, 0.3) is 0 Å². The summed E-state index contributed by atoms with van der Waals surface area (Å²) in [7, 11) is 0. The zero-order valence-corrected chi connectivity index (χ0v) is 11.6. The van der Waals surface area contributed by atoms with E-state index in [2.05, 4.69) is 12.1 Å². The van der Waals surface area contributed by atoms with E-state index in [4.69, 9.17) is 4.74 Å². The van der Waals surface area contributed by atoms with E-state index in [1.165, 1.54) is 5.56 Å². The normalized spacial score (nSPS) is 10.3. The summed E-state index contributed by atoms with van der Waals surface area (Å²) in [6, 6.07) is 25.2. The lowest BCUT2D eigenvalue weighted by atomic mass is 10.0. The van der Waals surface area contributed by atoms with Crippen molar-refractivity contribution < 1.29 is 9.84 Å². The van der Waals surface area contributed by atoms with E-state index in [1.807, 2.05) is 54.6 Å². The van der Waals surface area contributed by atoms with Crippen molar-refractivity contribution in [1.29, 1.82) is 0 Å². The highest BCUT2D eigenvalue weighted by atomic mass is 16.5. The maximum absolute atomic E-state index is 10.1. The van der Waals surface area contributed by atoms with E-state index in [0.29, 0.717) is 11.5 Å². The summed E-state index contributed by atoms with van der Waals surface area (Å²) in [6.07, 6.45) is 0.792. The molecule has 0 spiro atoms. The third-order valence-electron chi connectivity index (χ3n) is 3.25. The lowest BCUT2D eigenvalue weighted by Gasteiger charge is -2.09. The van der Waals surface area contributed by atoms with Gasteiger partial charge in [-0.05, 0) is 41.8 Å². The average Bonchev–Trinajstić information content (AvgIpc) is 2.52. The van der Waals surface area contributed by atoms with Crippen molar-refractivity contribution in [3.8, 4) is 17.2 Å². The van der Waals surface area contributed by atoms with Gasteiger partial charge < -0.3 is 9.84 Å². The molecular formula is C19H16O2. The van der Waals surface area contributed by atoms with Crippen molar-refractivity contribution >= 4 is 0 Å². The van der Waals surface area contributed by atoms with Crippen LogP contribution in [0.1, 0.15) is 11.1 Å². The van der Waals surface area contributed by atoms with Gasteiger partial charge in [-0.15, -0.1) is 0 Å². The number of hydrogen-bond acceptors (Lipinski definition) is 2. The first-order valence-electron chi connectivity index (χ1n) is 6.90. The van der Waals surface area contributed by atoms with E-state index in [-0.39, 0.29) is 5.75 Å². The third kappa shape index (κ3) is 3.42. The van der Waals surface area contributed by atoms with E-state index < -0.39 is 0 Å². The van der Waals surface area contributed by atoms with Crippen LogP contribution in [0.3, 0.4) is 0 Å². The van der Waals surface area contributed by atoms with E-state index in [9.17, 15) is 5.11 Å². The third-order valence-corrected chi connectivity index (χ3v) is 3.25. The van der Waals surface area contributed by atoms with Crippen LogP contribution in [0.4, 0.5) is 0 Å². The van der Waals surface area contributed by atoms with Gasteiger partial charge in [0.05, 0.1) is 0 Å². The largest absolute Gasteiger partial charge is 0.504 e. The van der Waals surface area contributed by atoms with Gasteiger partial charge in [-0.2, -0.15) is 0 Å². The minimum atomic E-state index is 0.160. The molecule has 21 heavy (non-hydrogen) atoms. The molecule has 3 aromatic carbocycles. The molecule has 0 saturated carbocycles. The molecule has 104 valence electrons. The molecule has 0 amide bonds. The molecule has 0 atom stereocenters. The molecule has 0 saturated heterocycles. The van der Waals surface area contributed by atoms with Crippen molar-refractivity contribution in [3.05, 3.63) is 90.0 Å². The highest BCUT2D eigenvalue weighted by Crippen LogP contribution is 2.31. The monoisotopic (exact) mass is 276 g/mol. The fourth-order valence-electron chi connectivity index (χ4n) is 2.21. The lowest BCUT2D eigenvalue weighted by molar-refractivity contribution is 0.411. The molecule has 2 heteroatoms. The fourth-order valence-corrected chi connectivity index (χ4v) is 2.21. The van der Waals surface area contributed by atoms with Gasteiger partial charge in [-0.1, -0.05) is 54.6 Å². The van der Waals surface area contributed by atoms with Crippen LogP contribution in [0, 0.1) is 0 Å². The first-order valence-corrected chi connectivity index (χ1v) is 6.90. The van der Waals surface area contributed by atoms with Gasteiger partial charge in [0.1, 0.15) is 5.75 Å². The van der Waals surface area contributed by atoms with Gasteiger partial charge in [0, 0.05) is 0 Å². The Morgan fingerprint density at radius 3 is 2.05 bits per heavy atom. The predicted octanol–water partition coefficient (Wildman–Crippen LogP) is 4.78. The summed E-state index contributed by atoms with van der Waals surface area (Å²) in [4.78, 5) is 0. The Kier molecular flexibility index (Phi) is 3.88. The van der Waals surface area contributed by atoms with Crippen LogP contribution in [-0.2, 0) is 6.42 Å². The molecular weight excluding hydrogens is 260 g/mol. The topological polar surface area (TPSA) is 29.5 Å². The first kappa shape index (κ1) is 13.3. The van der Waals surface area contributed by atoms with Crippen LogP contribution in [0.2, 0.25) is 0 Å². The SMILES string of the molecule is Oc1cc(Cc2ccccc2)ccc1Oc1ccccc1. The maximum Gasteiger partial charge on any atom is 0.169 e. The second kappa shape index (κ2) is 6.14. The summed E-state index contributed by atoms with van der Waals surface area (Å²) in [5.41, 5.74) is 2.27.